The fourth-order valence-corrected chi connectivity index (χ4v) is 1.32. The van der Waals surface area contributed by atoms with Crippen molar-refractivity contribution in [3.8, 4) is 0 Å². The predicted molar refractivity (Wildman–Crippen MR) is 82.5 cm³/mol. The Kier molecular flexibility index (Phi) is 14.4. The fourth-order valence-electron chi connectivity index (χ4n) is 1.32. The average Bonchev–Trinajstić information content (AvgIpc) is 2.23. The molecule has 0 amide bonds. The summed E-state index contributed by atoms with van der Waals surface area (Å²) in [5.74, 6) is 1.02. The largest absolute Gasteiger partial charge is 0.393 e. The average molecular weight is 276 g/mol. The van der Waals surface area contributed by atoms with Gasteiger partial charge in [-0.15, -0.1) is 0 Å². The Hall–Kier alpha value is -0.120. The minimum atomic E-state index is -0.106. The molecule has 0 heterocycles. The van der Waals surface area contributed by atoms with E-state index in [1.54, 1.807) is 0 Å². The molecule has 0 aliphatic carbocycles. The Morgan fingerprint density at radius 3 is 1.26 bits per heavy atom. The van der Waals surface area contributed by atoms with Crippen LogP contribution in [0, 0.1) is 11.8 Å². The van der Waals surface area contributed by atoms with Crippen molar-refractivity contribution in [2.24, 2.45) is 11.8 Å². The monoisotopic (exact) mass is 276 g/mol. The van der Waals surface area contributed by atoms with Crippen LogP contribution in [0.3, 0.4) is 0 Å². The smallest absolute Gasteiger partial charge is 0.0704 e. The van der Waals surface area contributed by atoms with Crippen LogP contribution in [0.2, 0.25) is 0 Å². The van der Waals surface area contributed by atoms with Crippen LogP contribution in [-0.2, 0) is 9.47 Å². The Bertz CT molecular complexity index is 167. The number of ether oxygens (including phenoxy) is 2. The minimum Gasteiger partial charge on any atom is -0.393 e. The van der Waals surface area contributed by atoms with E-state index >= 15 is 0 Å². The first-order valence-electron chi connectivity index (χ1n) is 7.58. The van der Waals surface area contributed by atoms with E-state index in [2.05, 4.69) is 13.8 Å². The quantitative estimate of drug-likeness (QED) is 0.684. The third-order valence-electron chi connectivity index (χ3n) is 2.47. The third kappa shape index (κ3) is 20.4. The van der Waals surface area contributed by atoms with E-state index in [0.717, 1.165) is 6.42 Å². The predicted octanol–water partition coefficient (Wildman–Crippen LogP) is 3.89. The van der Waals surface area contributed by atoms with Gasteiger partial charge in [-0.05, 0) is 46.0 Å². The lowest BCUT2D eigenvalue weighted by Gasteiger charge is -2.15. The van der Waals surface area contributed by atoms with Crippen molar-refractivity contribution in [3.05, 3.63) is 0 Å². The van der Waals surface area contributed by atoms with Crippen LogP contribution in [0.4, 0.5) is 0 Å². The van der Waals surface area contributed by atoms with Gasteiger partial charge >= 0.3 is 0 Å². The molecule has 0 rings (SSSR count). The molecule has 19 heavy (non-hydrogen) atoms. The Morgan fingerprint density at radius 1 is 0.737 bits per heavy atom. The maximum Gasteiger partial charge on any atom is 0.0704 e. The first kappa shape index (κ1) is 21.2. The summed E-state index contributed by atoms with van der Waals surface area (Å²) in [6.07, 6.45) is 1.45. The summed E-state index contributed by atoms with van der Waals surface area (Å²) in [5.41, 5.74) is 0. The second-order valence-corrected chi connectivity index (χ2v) is 6.28. The molecule has 0 aromatic heterocycles. The summed E-state index contributed by atoms with van der Waals surface area (Å²) in [6, 6.07) is 0. The number of aliphatic hydroxyl groups excluding tert-OH is 1. The molecule has 3 nitrogen and oxygen atoms in total. The van der Waals surface area contributed by atoms with E-state index in [1.165, 1.54) is 0 Å². The molecule has 0 aromatic carbocycles. The molecule has 0 aromatic rings. The highest BCUT2D eigenvalue weighted by Gasteiger charge is 2.09. The van der Waals surface area contributed by atoms with Gasteiger partial charge in [0.1, 0.15) is 0 Å². The van der Waals surface area contributed by atoms with Crippen molar-refractivity contribution in [3.63, 3.8) is 0 Å². The van der Waals surface area contributed by atoms with E-state index in [4.69, 9.17) is 9.47 Å². The van der Waals surface area contributed by atoms with E-state index in [-0.39, 0.29) is 6.10 Å². The highest BCUT2D eigenvalue weighted by molar-refractivity contribution is 4.61. The van der Waals surface area contributed by atoms with E-state index in [9.17, 15) is 5.11 Å². The second-order valence-electron chi connectivity index (χ2n) is 6.28. The van der Waals surface area contributed by atoms with Crippen LogP contribution in [0.15, 0.2) is 0 Å². The summed E-state index contributed by atoms with van der Waals surface area (Å²) < 4.78 is 10.5. The summed E-state index contributed by atoms with van der Waals surface area (Å²) in [6.45, 7) is 17.9. The van der Waals surface area contributed by atoms with Gasteiger partial charge in [-0.2, -0.15) is 0 Å². The van der Waals surface area contributed by atoms with Gasteiger partial charge in [0.2, 0.25) is 0 Å². The lowest BCUT2D eigenvalue weighted by molar-refractivity contribution is -0.00108. The summed E-state index contributed by atoms with van der Waals surface area (Å²) in [5, 5.41) is 9.30. The van der Waals surface area contributed by atoms with Crippen molar-refractivity contribution in [1.82, 2.24) is 0 Å². The lowest BCUT2D eigenvalue weighted by atomic mass is 9.98. The zero-order valence-corrected chi connectivity index (χ0v) is 14.3. The van der Waals surface area contributed by atoms with Crippen LogP contribution in [0.5, 0.6) is 0 Å². The van der Waals surface area contributed by atoms with Gasteiger partial charge in [0.15, 0.2) is 0 Å². The number of aliphatic hydroxyl groups is 1. The second kappa shape index (κ2) is 12.9. The van der Waals surface area contributed by atoms with Crippen molar-refractivity contribution >= 4 is 0 Å². The maximum absolute atomic E-state index is 9.30. The van der Waals surface area contributed by atoms with Gasteiger partial charge < -0.3 is 14.6 Å². The number of rotatable bonds is 8. The van der Waals surface area contributed by atoms with Crippen molar-refractivity contribution in [2.45, 2.75) is 80.1 Å². The SMILES string of the molecule is CC(C)CC(O)C(C)C.CC(C)OCCOC(C)C. The molecule has 0 spiro atoms. The molecule has 0 aliphatic heterocycles. The summed E-state index contributed by atoms with van der Waals surface area (Å²) in [4.78, 5) is 0. The number of hydrogen-bond donors (Lipinski definition) is 1. The summed E-state index contributed by atoms with van der Waals surface area (Å²) in [7, 11) is 0. The third-order valence-corrected chi connectivity index (χ3v) is 2.47. The standard InChI is InChI=1S/C8H18O2.C8H18O/c1-7(2)9-5-6-10-8(3)4;1-6(2)5-8(9)7(3)4/h7-8H,5-6H2,1-4H3;6-9H,5H2,1-4H3. The molecule has 0 saturated heterocycles. The maximum atomic E-state index is 9.30. The van der Waals surface area contributed by atoms with Crippen LogP contribution < -0.4 is 0 Å². The Morgan fingerprint density at radius 2 is 1.11 bits per heavy atom. The molecule has 0 aliphatic rings. The lowest BCUT2D eigenvalue weighted by Crippen LogP contribution is -2.16. The molecular formula is C16H36O3. The zero-order valence-electron chi connectivity index (χ0n) is 14.3. The molecule has 1 unspecified atom stereocenters. The molecule has 0 bridgehead atoms. The minimum absolute atomic E-state index is 0.106. The normalized spacial score (nSPS) is 13.1. The van der Waals surface area contributed by atoms with Gasteiger partial charge in [0, 0.05) is 0 Å². The number of hydrogen-bond acceptors (Lipinski definition) is 3. The molecule has 118 valence electrons. The van der Waals surface area contributed by atoms with Crippen molar-refractivity contribution in [2.75, 3.05) is 13.2 Å². The van der Waals surface area contributed by atoms with Gasteiger partial charge in [0.05, 0.1) is 31.5 Å². The highest BCUT2D eigenvalue weighted by atomic mass is 16.5. The van der Waals surface area contributed by atoms with Crippen molar-refractivity contribution in [1.29, 1.82) is 0 Å². The fraction of sp³-hybridized carbons (Fsp3) is 1.00. The topological polar surface area (TPSA) is 38.7 Å². The van der Waals surface area contributed by atoms with E-state index in [1.807, 2.05) is 41.5 Å². The molecular weight excluding hydrogens is 240 g/mol. The molecule has 1 atom stereocenters. The molecule has 3 heteroatoms. The highest BCUT2D eigenvalue weighted by Crippen LogP contribution is 2.11. The van der Waals surface area contributed by atoms with Gasteiger partial charge in [0.25, 0.3) is 0 Å². The summed E-state index contributed by atoms with van der Waals surface area (Å²) >= 11 is 0. The van der Waals surface area contributed by atoms with Crippen LogP contribution in [0.25, 0.3) is 0 Å². The van der Waals surface area contributed by atoms with Crippen LogP contribution in [-0.4, -0.2) is 36.6 Å². The van der Waals surface area contributed by atoms with Gasteiger partial charge in [-0.25, -0.2) is 0 Å². The van der Waals surface area contributed by atoms with E-state index in [0.29, 0.717) is 37.3 Å². The first-order chi connectivity index (χ1) is 8.66. The van der Waals surface area contributed by atoms with Crippen LogP contribution in [0.1, 0.15) is 61.8 Å². The zero-order chi connectivity index (χ0) is 15.4. The molecule has 0 saturated carbocycles. The van der Waals surface area contributed by atoms with Gasteiger partial charge in [-0.1, -0.05) is 27.7 Å². The Labute approximate surface area is 120 Å². The van der Waals surface area contributed by atoms with Gasteiger partial charge in [-0.3, -0.25) is 0 Å². The van der Waals surface area contributed by atoms with Crippen molar-refractivity contribution < 1.29 is 14.6 Å². The van der Waals surface area contributed by atoms with E-state index < -0.39 is 0 Å². The molecule has 1 N–H and O–H groups in total. The first-order valence-corrected chi connectivity index (χ1v) is 7.58. The van der Waals surface area contributed by atoms with Crippen LogP contribution >= 0.6 is 0 Å². The Balaban J connectivity index is 0. The molecule has 0 radical (unpaired) electrons. The molecule has 0 fully saturated rings.